The van der Waals surface area contributed by atoms with Crippen LogP contribution in [0.5, 0.6) is 5.75 Å². The van der Waals surface area contributed by atoms with Crippen LogP contribution in [0.2, 0.25) is 0 Å². The largest absolute Gasteiger partial charge is 0.491 e. The van der Waals surface area contributed by atoms with Gasteiger partial charge in [0, 0.05) is 11.3 Å². The van der Waals surface area contributed by atoms with E-state index in [0.717, 1.165) is 37.8 Å². The van der Waals surface area contributed by atoms with Gasteiger partial charge in [0.1, 0.15) is 11.4 Å². The Kier molecular flexibility index (Phi) is 11.1. The van der Waals surface area contributed by atoms with Crippen LogP contribution in [0.15, 0.2) is 56.6 Å². The summed E-state index contributed by atoms with van der Waals surface area (Å²) in [6, 6.07) is 9.27. The summed E-state index contributed by atoms with van der Waals surface area (Å²) in [6.45, 7) is 4.53. The van der Waals surface area contributed by atoms with Gasteiger partial charge >= 0.3 is 0 Å². The molecule has 2 aromatic rings. The third kappa shape index (κ3) is 8.29. The van der Waals surface area contributed by atoms with Gasteiger partial charge in [0.25, 0.3) is 0 Å². The molecule has 0 saturated carbocycles. The molecule has 0 saturated heterocycles. The van der Waals surface area contributed by atoms with E-state index >= 15 is 0 Å². The lowest BCUT2D eigenvalue weighted by Crippen LogP contribution is -2.18. The smallest absolute Gasteiger partial charge is 0.203 e. The molecule has 1 unspecified atom stereocenters. The van der Waals surface area contributed by atoms with Crippen molar-refractivity contribution in [2.75, 3.05) is 30.6 Å². The first kappa shape index (κ1) is 27.0. The normalized spacial score (nSPS) is 15.8. The Morgan fingerprint density at radius 3 is 2.94 bits per heavy atom. The predicted octanol–water partition coefficient (Wildman–Crippen LogP) is 5.95. The Morgan fingerprint density at radius 1 is 1.31 bits per heavy atom. The fourth-order valence-electron chi connectivity index (χ4n) is 3.56. The van der Waals surface area contributed by atoms with Gasteiger partial charge < -0.3 is 9.84 Å². The van der Waals surface area contributed by atoms with Crippen LogP contribution in [0.25, 0.3) is 0 Å². The maximum Gasteiger partial charge on any atom is 0.203 e. The summed E-state index contributed by atoms with van der Waals surface area (Å²) in [5.74, 6) is 0.862. The van der Waals surface area contributed by atoms with Crippen LogP contribution in [-0.4, -0.2) is 41.3 Å². The molecule has 0 amide bonds. The van der Waals surface area contributed by atoms with Crippen molar-refractivity contribution >= 4 is 33.6 Å². The second kappa shape index (κ2) is 14.8. The lowest BCUT2D eigenvalue weighted by atomic mass is 9.92. The third-order valence-electron chi connectivity index (χ3n) is 5.56. The number of nitrogens with zero attached hydrogens (tertiary/aromatic N) is 4. The predicted molar refractivity (Wildman–Crippen MR) is 145 cm³/mol. The Balaban J connectivity index is 1.52. The van der Waals surface area contributed by atoms with Crippen molar-refractivity contribution in [1.29, 1.82) is 5.53 Å². The molecular formula is C26H33N7O2S. The second-order valence-electron chi connectivity index (χ2n) is 8.16. The first-order valence-electron chi connectivity index (χ1n) is 12.1. The number of aromatic nitrogens is 1. The number of hydrazone groups is 2. The minimum absolute atomic E-state index is 0.255. The van der Waals surface area contributed by atoms with Crippen molar-refractivity contribution in [2.24, 2.45) is 15.3 Å². The molecular weight excluding hydrogens is 474 g/mol. The molecule has 9 nitrogen and oxygen atoms in total. The number of hydrogen-bond donors (Lipinski definition) is 4. The minimum atomic E-state index is -0.283. The molecule has 1 aliphatic carbocycles. The van der Waals surface area contributed by atoms with E-state index in [-0.39, 0.29) is 12.5 Å². The monoisotopic (exact) mass is 507 g/mol. The van der Waals surface area contributed by atoms with Crippen molar-refractivity contribution in [2.45, 2.75) is 51.9 Å². The molecule has 0 bridgehead atoms. The fraction of sp³-hybridized carbons (Fsp3) is 0.423. The van der Waals surface area contributed by atoms with Crippen LogP contribution in [0, 0.1) is 17.7 Å². The lowest BCUT2D eigenvalue weighted by molar-refractivity contribution is 0.341. The molecule has 1 aromatic carbocycles. The van der Waals surface area contributed by atoms with Crippen LogP contribution in [-0.2, 0) is 0 Å². The number of aliphatic hydroxyl groups is 1. The zero-order chi connectivity index (χ0) is 25.6. The van der Waals surface area contributed by atoms with Crippen molar-refractivity contribution in [3.05, 3.63) is 59.1 Å². The summed E-state index contributed by atoms with van der Waals surface area (Å²) in [5.41, 5.74) is 16.5. The van der Waals surface area contributed by atoms with Gasteiger partial charge in [-0.3, -0.25) is 10.9 Å². The maximum absolute atomic E-state index is 9.77. The fourth-order valence-corrected chi connectivity index (χ4v) is 4.28. The summed E-state index contributed by atoms with van der Waals surface area (Å²) >= 11 is 1.49. The number of rotatable bonds is 15. The first-order valence-corrected chi connectivity index (χ1v) is 13.0. The molecule has 0 spiro atoms. The molecule has 1 aromatic heterocycles. The van der Waals surface area contributed by atoms with Gasteiger partial charge in [-0.2, -0.15) is 15.3 Å². The summed E-state index contributed by atoms with van der Waals surface area (Å²) < 4.78 is 5.54. The van der Waals surface area contributed by atoms with Gasteiger partial charge in [0.05, 0.1) is 31.2 Å². The third-order valence-corrected chi connectivity index (χ3v) is 6.33. The number of aliphatic hydroxyl groups excluding tert-OH is 1. The highest BCUT2D eigenvalue weighted by molar-refractivity contribution is 7.13. The number of anilines is 2. The number of nitrogens with one attached hydrogen (secondary N) is 3. The van der Waals surface area contributed by atoms with Crippen molar-refractivity contribution in [1.82, 2.24) is 4.98 Å². The number of ether oxygens (including phenoxy) is 1. The van der Waals surface area contributed by atoms with E-state index in [1.807, 2.05) is 12.3 Å². The van der Waals surface area contributed by atoms with E-state index in [1.165, 1.54) is 16.9 Å². The summed E-state index contributed by atoms with van der Waals surface area (Å²) in [5, 5.41) is 24.5. The number of hydrogen-bond acceptors (Lipinski definition) is 10. The van der Waals surface area contributed by atoms with E-state index in [9.17, 15) is 5.11 Å². The van der Waals surface area contributed by atoms with Crippen LogP contribution in [0.1, 0.15) is 57.6 Å². The average Bonchev–Trinajstić information content (AvgIpc) is 3.38. The van der Waals surface area contributed by atoms with Gasteiger partial charge in [-0.05, 0) is 57.7 Å². The Morgan fingerprint density at radius 2 is 2.19 bits per heavy atom. The first-order chi connectivity index (χ1) is 17.6. The van der Waals surface area contributed by atoms with Crippen LogP contribution in [0.4, 0.5) is 10.8 Å². The van der Waals surface area contributed by atoms with Crippen molar-refractivity contribution in [3.63, 3.8) is 0 Å². The van der Waals surface area contributed by atoms with Gasteiger partial charge in [0.15, 0.2) is 5.75 Å². The molecule has 1 aliphatic rings. The molecule has 0 radical (unpaired) electrons. The van der Waals surface area contributed by atoms with Crippen LogP contribution >= 0.6 is 11.3 Å². The minimum Gasteiger partial charge on any atom is -0.491 e. The number of allylic oxidation sites excluding steroid dienone is 4. The topological polar surface area (TPSA) is 127 Å². The molecule has 1 heterocycles. The van der Waals surface area contributed by atoms with Gasteiger partial charge in [-0.15, -0.1) is 11.3 Å². The number of thiazole rings is 1. The lowest BCUT2D eigenvalue weighted by Gasteiger charge is -2.14. The van der Waals surface area contributed by atoms with Crippen molar-refractivity contribution < 1.29 is 9.84 Å². The Labute approximate surface area is 216 Å². The Hall–Kier alpha value is -3.55. The highest BCUT2D eigenvalue weighted by Crippen LogP contribution is 2.30. The van der Waals surface area contributed by atoms with E-state index in [0.29, 0.717) is 41.1 Å². The highest BCUT2D eigenvalue weighted by Gasteiger charge is 2.15. The summed E-state index contributed by atoms with van der Waals surface area (Å²) in [7, 11) is 0. The van der Waals surface area contributed by atoms with E-state index in [2.05, 4.69) is 61.5 Å². The summed E-state index contributed by atoms with van der Waals surface area (Å²) in [6.07, 6.45) is 11.9. The molecule has 1 atom stereocenters. The van der Waals surface area contributed by atoms with Gasteiger partial charge in [-0.1, -0.05) is 36.3 Å². The van der Waals surface area contributed by atoms with Gasteiger partial charge in [0.2, 0.25) is 5.13 Å². The second-order valence-corrected chi connectivity index (χ2v) is 9.02. The van der Waals surface area contributed by atoms with Crippen LogP contribution < -0.4 is 15.6 Å². The van der Waals surface area contributed by atoms with Crippen LogP contribution in [0.3, 0.4) is 0 Å². The molecule has 0 aliphatic heterocycles. The SMILES string of the molecule is CCOc1ccc#cc1N/N=C(CO)\C(C)=N/Nc1nc(C2C=CC(CCCCCN=N)=CC2)cs1. The molecule has 3 rings (SSSR count). The Bertz CT molecular complexity index is 1110. The average molecular weight is 508 g/mol. The zero-order valence-corrected chi connectivity index (χ0v) is 21.6. The van der Waals surface area contributed by atoms with Crippen molar-refractivity contribution in [3.8, 4) is 5.75 Å². The molecule has 36 heavy (non-hydrogen) atoms. The zero-order valence-electron chi connectivity index (χ0n) is 20.8. The summed E-state index contributed by atoms with van der Waals surface area (Å²) in [4.78, 5) is 4.69. The van der Waals surface area contributed by atoms with Gasteiger partial charge in [-0.25, -0.2) is 10.5 Å². The van der Waals surface area contributed by atoms with E-state index < -0.39 is 0 Å². The highest BCUT2D eigenvalue weighted by atomic mass is 32.1. The maximum atomic E-state index is 9.77. The molecule has 4 N–H and O–H groups in total. The molecule has 0 fully saturated rings. The quantitative estimate of drug-likeness (QED) is 0.102. The van der Waals surface area contributed by atoms with E-state index in [4.69, 9.17) is 10.3 Å². The standard InChI is InChI=1S/C26H33N7O2S/c1-3-35-25-11-7-6-10-22(25)31-32-23(17-34)19(2)30-33-26-29-24(18-36-26)21-14-12-20(13-15-21)9-5-4-8-16-28-27/h7,11-14,18,21,27,31,34H,3-5,8-9,15-17H2,1-2H3,(H,29,33)/b28-27?,30-19-,32-23-. The number of unbranched alkanes of at least 4 members (excludes halogenated alkanes) is 2. The van der Waals surface area contributed by atoms with E-state index in [1.54, 1.807) is 19.1 Å². The molecule has 10 heteroatoms. The molecule has 190 valence electrons.